The van der Waals surface area contributed by atoms with E-state index in [0.29, 0.717) is 0 Å². The zero-order chi connectivity index (χ0) is 14.0. The first-order chi connectivity index (χ1) is 8.91. The fourth-order valence-electron chi connectivity index (χ4n) is 2.66. The third-order valence-corrected chi connectivity index (χ3v) is 3.51. The van der Waals surface area contributed by atoms with Crippen molar-refractivity contribution in [2.24, 2.45) is 5.73 Å². The van der Waals surface area contributed by atoms with Gasteiger partial charge in [-0.2, -0.15) is 0 Å². The maximum absolute atomic E-state index is 6.20. The van der Waals surface area contributed by atoms with Crippen molar-refractivity contribution in [3.05, 3.63) is 23.8 Å². The first kappa shape index (κ1) is 14.2. The fraction of sp³-hybridized carbons (Fsp3) is 0.625. The number of benzene rings is 1. The highest BCUT2D eigenvalue weighted by atomic mass is 16.5. The van der Waals surface area contributed by atoms with Crippen LogP contribution in [0, 0.1) is 0 Å². The second-order valence-electron chi connectivity index (χ2n) is 6.09. The van der Waals surface area contributed by atoms with Gasteiger partial charge in [0.15, 0.2) is 0 Å². The van der Waals surface area contributed by atoms with Crippen LogP contribution in [0.5, 0.6) is 11.5 Å². The number of hydrogen-bond donors (Lipinski definition) is 1. The summed E-state index contributed by atoms with van der Waals surface area (Å²) in [6, 6.07) is 6.04. The molecule has 3 nitrogen and oxygen atoms in total. The Hall–Kier alpha value is -1.22. The third kappa shape index (κ3) is 3.41. The van der Waals surface area contributed by atoms with Crippen LogP contribution in [-0.2, 0) is 0 Å². The molecule has 1 heterocycles. The van der Waals surface area contributed by atoms with Crippen molar-refractivity contribution in [1.82, 2.24) is 0 Å². The van der Waals surface area contributed by atoms with Crippen molar-refractivity contribution in [3.8, 4) is 11.5 Å². The van der Waals surface area contributed by atoms with Crippen LogP contribution in [0.1, 0.15) is 58.6 Å². The van der Waals surface area contributed by atoms with Gasteiger partial charge in [0.05, 0.1) is 6.10 Å². The SMILES string of the molecule is CCCC(C)Oc1ccc2c(c1)OC(C)(C)CC2N. The van der Waals surface area contributed by atoms with Gasteiger partial charge in [-0.1, -0.05) is 19.4 Å². The van der Waals surface area contributed by atoms with Gasteiger partial charge in [0, 0.05) is 24.1 Å². The predicted octanol–water partition coefficient (Wildman–Crippen LogP) is 3.81. The van der Waals surface area contributed by atoms with E-state index in [1.165, 1.54) is 0 Å². The van der Waals surface area contributed by atoms with Crippen LogP contribution in [0.15, 0.2) is 18.2 Å². The standard InChI is InChI=1S/C16H25NO2/c1-5-6-11(2)18-12-7-8-13-14(17)10-16(3,4)19-15(13)9-12/h7-9,11,14H,5-6,10,17H2,1-4H3. The summed E-state index contributed by atoms with van der Waals surface area (Å²) in [5.41, 5.74) is 7.07. The third-order valence-electron chi connectivity index (χ3n) is 3.51. The highest BCUT2D eigenvalue weighted by molar-refractivity contribution is 5.44. The molecule has 2 rings (SSSR count). The number of ether oxygens (including phenoxy) is 2. The molecule has 0 spiro atoms. The molecule has 1 aliphatic heterocycles. The van der Waals surface area contributed by atoms with Crippen molar-refractivity contribution in [1.29, 1.82) is 0 Å². The van der Waals surface area contributed by atoms with Gasteiger partial charge in [-0.05, 0) is 33.3 Å². The van der Waals surface area contributed by atoms with Crippen molar-refractivity contribution >= 4 is 0 Å². The molecule has 2 atom stereocenters. The average Bonchev–Trinajstić information content (AvgIpc) is 2.26. The lowest BCUT2D eigenvalue weighted by molar-refractivity contribution is 0.0722. The summed E-state index contributed by atoms with van der Waals surface area (Å²) >= 11 is 0. The molecule has 0 aliphatic carbocycles. The molecule has 0 saturated heterocycles. The molecule has 19 heavy (non-hydrogen) atoms. The normalized spacial score (nSPS) is 22.3. The fourth-order valence-corrected chi connectivity index (χ4v) is 2.66. The van der Waals surface area contributed by atoms with Gasteiger partial charge < -0.3 is 15.2 Å². The smallest absolute Gasteiger partial charge is 0.128 e. The number of nitrogens with two attached hydrogens (primary N) is 1. The van der Waals surface area contributed by atoms with Crippen molar-refractivity contribution < 1.29 is 9.47 Å². The summed E-state index contributed by atoms with van der Waals surface area (Å²) < 4.78 is 11.9. The zero-order valence-corrected chi connectivity index (χ0v) is 12.4. The van der Waals surface area contributed by atoms with E-state index >= 15 is 0 Å². The Kier molecular flexibility index (Phi) is 4.04. The summed E-state index contributed by atoms with van der Waals surface area (Å²) in [6.45, 7) is 8.41. The zero-order valence-electron chi connectivity index (χ0n) is 12.4. The average molecular weight is 263 g/mol. The molecule has 2 N–H and O–H groups in total. The molecule has 0 bridgehead atoms. The summed E-state index contributed by atoms with van der Waals surface area (Å²) in [5.74, 6) is 1.73. The van der Waals surface area contributed by atoms with E-state index in [2.05, 4.69) is 27.7 Å². The lowest BCUT2D eigenvalue weighted by Crippen LogP contribution is -2.37. The van der Waals surface area contributed by atoms with Crippen LogP contribution in [0.25, 0.3) is 0 Å². The van der Waals surface area contributed by atoms with Crippen LogP contribution in [0.4, 0.5) is 0 Å². The van der Waals surface area contributed by atoms with E-state index in [1.807, 2.05) is 18.2 Å². The molecule has 0 radical (unpaired) electrons. The summed E-state index contributed by atoms with van der Waals surface area (Å²) in [4.78, 5) is 0. The predicted molar refractivity (Wildman–Crippen MR) is 77.7 cm³/mol. The largest absolute Gasteiger partial charge is 0.491 e. The second-order valence-corrected chi connectivity index (χ2v) is 6.09. The van der Waals surface area contributed by atoms with Crippen LogP contribution < -0.4 is 15.2 Å². The van der Waals surface area contributed by atoms with Gasteiger partial charge in [-0.25, -0.2) is 0 Å². The maximum Gasteiger partial charge on any atom is 0.128 e. The molecule has 1 aromatic carbocycles. The number of rotatable bonds is 4. The summed E-state index contributed by atoms with van der Waals surface area (Å²) in [5, 5.41) is 0. The van der Waals surface area contributed by atoms with Gasteiger partial charge >= 0.3 is 0 Å². The maximum atomic E-state index is 6.20. The molecule has 1 aliphatic rings. The Morgan fingerprint density at radius 3 is 2.89 bits per heavy atom. The molecular weight excluding hydrogens is 238 g/mol. The molecule has 0 amide bonds. The molecule has 0 saturated carbocycles. The minimum absolute atomic E-state index is 0.0425. The first-order valence-corrected chi connectivity index (χ1v) is 7.16. The topological polar surface area (TPSA) is 44.5 Å². The van der Waals surface area contributed by atoms with Crippen molar-refractivity contribution in [2.45, 2.75) is 64.7 Å². The van der Waals surface area contributed by atoms with Crippen LogP contribution >= 0.6 is 0 Å². The Morgan fingerprint density at radius 1 is 1.47 bits per heavy atom. The van der Waals surface area contributed by atoms with Gasteiger partial charge in [0.2, 0.25) is 0 Å². The number of hydrogen-bond acceptors (Lipinski definition) is 3. The van der Waals surface area contributed by atoms with Crippen LogP contribution in [0.3, 0.4) is 0 Å². The Labute approximate surface area is 116 Å². The van der Waals surface area contributed by atoms with Crippen LogP contribution in [-0.4, -0.2) is 11.7 Å². The van der Waals surface area contributed by atoms with Gasteiger partial charge in [0.25, 0.3) is 0 Å². The van der Waals surface area contributed by atoms with E-state index in [1.54, 1.807) is 0 Å². The minimum atomic E-state index is -0.208. The van der Waals surface area contributed by atoms with Crippen LogP contribution in [0.2, 0.25) is 0 Å². The monoisotopic (exact) mass is 263 g/mol. The van der Waals surface area contributed by atoms with E-state index < -0.39 is 0 Å². The van der Waals surface area contributed by atoms with E-state index in [9.17, 15) is 0 Å². The molecule has 0 aromatic heterocycles. The molecule has 1 aromatic rings. The summed E-state index contributed by atoms with van der Waals surface area (Å²) in [7, 11) is 0. The van der Waals surface area contributed by atoms with Gasteiger partial charge in [-0.15, -0.1) is 0 Å². The molecule has 3 heteroatoms. The van der Waals surface area contributed by atoms with E-state index in [-0.39, 0.29) is 17.7 Å². The quantitative estimate of drug-likeness (QED) is 0.898. The molecular formula is C16H25NO2. The van der Waals surface area contributed by atoms with Gasteiger partial charge in [-0.3, -0.25) is 0 Å². The highest BCUT2D eigenvalue weighted by Gasteiger charge is 2.32. The van der Waals surface area contributed by atoms with Crippen molar-refractivity contribution in [2.75, 3.05) is 0 Å². The van der Waals surface area contributed by atoms with E-state index in [0.717, 1.165) is 36.3 Å². The second kappa shape index (κ2) is 5.41. The van der Waals surface area contributed by atoms with Gasteiger partial charge in [0.1, 0.15) is 17.1 Å². The Bertz CT molecular complexity index is 442. The summed E-state index contributed by atoms with van der Waals surface area (Å²) in [6.07, 6.45) is 3.25. The Balaban J connectivity index is 2.18. The molecule has 2 unspecified atom stereocenters. The first-order valence-electron chi connectivity index (χ1n) is 7.16. The molecule has 106 valence electrons. The van der Waals surface area contributed by atoms with E-state index in [4.69, 9.17) is 15.2 Å². The highest BCUT2D eigenvalue weighted by Crippen LogP contribution is 2.40. The van der Waals surface area contributed by atoms with Crippen molar-refractivity contribution in [3.63, 3.8) is 0 Å². The lowest BCUT2D eigenvalue weighted by atomic mass is 9.90. The minimum Gasteiger partial charge on any atom is -0.491 e. The Morgan fingerprint density at radius 2 is 2.21 bits per heavy atom. The number of fused-ring (bicyclic) bond motifs is 1. The lowest BCUT2D eigenvalue weighted by Gasteiger charge is -2.36. The molecule has 0 fully saturated rings.